The van der Waals surface area contributed by atoms with Crippen molar-refractivity contribution in [3.05, 3.63) is 29.3 Å². The second kappa shape index (κ2) is 4.07. The topological polar surface area (TPSA) is 31.4 Å². The summed E-state index contributed by atoms with van der Waals surface area (Å²) in [4.78, 5) is 4.50. The van der Waals surface area contributed by atoms with Gasteiger partial charge in [-0.15, -0.1) is 11.3 Å². The van der Waals surface area contributed by atoms with Crippen LogP contribution in [0, 0.1) is 0 Å². The van der Waals surface area contributed by atoms with Crippen LogP contribution in [0.1, 0.15) is 5.69 Å². The van der Waals surface area contributed by atoms with Gasteiger partial charge in [0.1, 0.15) is 5.01 Å². The smallest absolute Gasteiger partial charge is 0.231 e. The van der Waals surface area contributed by atoms with Gasteiger partial charge in [-0.05, 0) is 18.2 Å². The minimum atomic E-state index is 0.309. The number of halogens is 1. The van der Waals surface area contributed by atoms with Crippen LogP contribution in [-0.2, 0) is 5.33 Å². The van der Waals surface area contributed by atoms with Crippen LogP contribution in [-0.4, -0.2) is 11.8 Å². The predicted molar refractivity (Wildman–Crippen MR) is 66.3 cm³/mol. The third-order valence-electron chi connectivity index (χ3n) is 2.31. The number of fused-ring (bicyclic) bond motifs is 1. The minimum Gasteiger partial charge on any atom is -0.454 e. The number of ether oxygens (including phenoxy) is 2. The van der Waals surface area contributed by atoms with E-state index in [0.29, 0.717) is 6.79 Å². The highest BCUT2D eigenvalue weighted by molar-refractivity contribution is 9.08. The number of rotatable bonds is 2. The molecule has 1 aliphatic rings. The first-order valence-corrected chi connectivity index (χ1v) is 6.77. The van der Waals surface area contributed by atoms with E-state index in [9.17, 15) is 0 Å². The van der Waals surface area contributed by atoms with Crippen LogP contribution in [0.4, 0.5) is 0 Å². The number of hydrogen-bond acceptors (Lipinski definition) is 4. The van der Waals surface area contributed by atoms with Crippen molar-refractivity contribution in [3.8, 4) is 22.1 Å². The summed E-state index contributed by atoms with van der Waals surface area (Å²) >= 11 is 5.03. The molecule has 1 aliphatic heterocycles. The summed E-state index contributed by atoms with van der Waals surface area (Å²) in [7, 11) is 0. The van der Waals surface area contributed by atoms with Crippen molar-refractivity contribution in [2.45, 2.75) is 5.33 Å². The molecule has 16 heavy (non-hydrogen) atoms. The van der Waals surface area contributed by atoms with E-state index in [2.05, 4.69) is 26.3 Å². The van der Waals surface area contributed by atoms with Crippen molar-refractivity contribution in [3.63, 3.8) is 0 Å². The lowest BCUT2D eigenvalue weighted by atomic mass is 10.2. The van der Waals surface area contributed by atoms with Gasteiger partial charge >= 0.3 is 0 Å². The molecule has 0 amide bonds. The van der Waals surface area contributed by atoms with Crippen molar-refractivity contribution in [2.24, 2.45) is 0 Å². The zero-order valence-electron chi connectivity index (χ0n) is 8.27. The monoisotopic (exact) mass is 297 g/mol. The van der Waals surface area contributed by atoms with Gasteiger partial charge in [-0.2, -0.15) is 0 Å². The van der Waals surface area contributed by atoms with E-state index in [-0.39, 0.29) is 0 Å². The molecule has 0 radical (unpaired) electrons. The zero-order valence-corrected chi connectivity index (χ0v) is 10.7. The van der Waals surface area contributed by atoms with Gasteiger partial charge in [0.2, 0.25) is 6.79 Å². The highest BCUT2D eigenvalue weighted by atomic mass is 79.9. The number of nitrogens with zero attached hydrogens (tertiary/aromatic N) is 1. The van der Waals surface area contributed by atoms with Crippen molar-refractivity contribution in [2.75, 3.05) is 6.79 Å². The fraction of sp³-hybridized carbons (Fsp3) is 0.182. The third-order valence-corrected chi connectivity index (χ3v) is 3.82. The second-order valence-corrected chi connectivity index (χ2v) is 4.76. The van der Waals surface area contributed by atoms with Crippen molar-refractivity contribution in [1.29, 1.82) is 0 Å². The summed E-state index contributed by atoms with van der Waals surface area (Å²) < 4.78 is 10.6. The molecule has 3 rings (SSSR count). The summed E-state index contributed by atoms with van der Waals surface area (Å²) in [6.07, 6.45) is 0. The largest absolute Gasteiger partial charge is 0.454 e. The molecule has 0 saturated carbocycles. The number of thiazole rings is 1. The molecule has 0 N–H and O–H groups in total. The predicted octanol–water partition coefficient (Wildman–Crippen LogP) is 3.43. The normalized spacial score (nSPS) is 13.1. The lowest BCUT2D eigenvalue weighted by molar-refractivity contribution is 0.174. The van der Waals surface area contributed by atoms with Crippen LogP contribution >= 0.6 is 27.3 Å². The molecular weight excluding hydrogens is 290 g/mol. The van der Waals surface area contributed by atoms with E-state index < -0.39 is 0 Å². The van der Waals surface area contributed by atoms with Crippen LogP contribution in [0.3, 0.4) is 0 Å². The fourth-order valence-corrected chi connectivity index (χ4v) is 2.85. The van der Waals surface area contributed by atoms with Gasteiger partial charge in [0.15, 0.2) is 11.5 Å². The molecule has 82 valence electrons. The highest BCUT2D eigenvalue weighted by Crippen LogP contribution is 2.36. The van der Waals surface area contributed by atoms with Crippen molar-refractivity contribution in [1.82, 2.24) is 4.98 Å². The van der Waals surface area contributed by atoms with Crippen molar-refractivity contribution < 1.29 is 9.47 Å². The average molecular weight is 298 g/mol. The Hall–Kier alpha value is -1.07. The van der Waals surface area contributed by atoms with Gasteiger partial charge in [-0.3, -0.25) is 0 Å². The third kappa shape index (κ3) is 1.70. The molecule has 0 bridgehead atoms. The van der Waals surface area contributed by atoms with E-state index in [1.165, 1.54) is 0 Å². The molecule has 0 spiro atoms. The first-order valence-electron chi connectivity index (χ1n) is 4.77. The Balaban J connectivity index is 2.00. The Labute approximate surface area is 105 Å². The van der Waals surface area contributed by atoms with Crippen LogP contribution in [0.2, 0.25) is 0 Å². The Kier molecular flexibility index (Phi) is 2.57. The first kappa shape index (κ1) is 10.1. The second-order valence-electron chi connectivity index (χ2n) is 3.35. The van der Waals surface area contributed by atoms with Crippen LogP contribution in [0.25, 0.3) is 10.6 Å². The van der Waals surface area contributed by atoms with Gasteiger partial charge in [0.25, 0.3) is 0 Å². The molecular formula is C11H8BrNO2S. The molecule has 5 heteroatoms. The number of hydrogen-bond donors (Lipinski definition) is 0. The maximum absolute atomic E-state index is 5.34. The zero-order chi connectivity index (χ0) is 11.0. The Bertz CT molecular complexity index is 526. The Morgan fingerprint density at radius 2 is 2.19 bits per heavy atom. The van der Waals surface area contributed by atoms with Gasteiger partial charge in [-0.25, -0.2) is 4.98 Å². The van der Waals surface area contributed by atoms with Crippen LogP contribution in [0.5, 0.6) is 11.5 Å². The quantitative estimate of drug-likeness (QED) is 0.796. The molecule has 0 saturated heterocycles. The fourth-order valence-electron chi connectivity index (χ4n) is 1.53. The molecule has 0 aliphatic carbocycles. The molecule has 0 fully saturated rings. The molecule has 3 nitrogen and oxygen atoms in total. The molecule has 0 unspecified atom stereocenters. The van der Waals surface area contributed by atoms with Gasteiger partial charge in [0.05, 0.1) is 5.69 Å². The summed E-state index contributed by atoms with van der Waals surface area (Å²) in [5, 5.41) is 3.84. The molecule has 1 aromatic carbocycles. The van der Waals surface area contributed by atoms with E-state index in [1.807, 2.05) is 18.2 Å². The lowest BCUT2D eigenvalue weighted by Crippen LogP contribution is -1.92. The van der Waals surface area contributed by atoms with E-state index in [4.69, 9.17) is 9.47 Å². The summed E-state index contributed by atoms with van der Waals surface area (Å²) in [6.45, 7) is 0.309. The molecule has 2 aromatic rings. The van der Waals surface area contributed by atoms with Gasteiger partial charge < -0.3 is 9.47 Å². The number of benzene rings is 1. The van der Waals surface area contributed by atoms with Gasteiger partial charge in [-0.1, -0.05) is 15.9 Å². The molecule has 0 atom stereocenters. The Morgan fingerprint density at radius 3 is 3.00 bits per heavy atom. The van der Waals surface area contributed by atoms with Gasteiger partial charge in [0, 0.05) is 16.3 Å². The van der Waals surface area contributed by atoms with E-state index in [0.717, 1.165) is 33.1 Å². The SMILES string of the molecule is BrCc1csc(-c2ccc3c(c2)OCO3)n1. The van der Waals surface area contributed by atoms with E-state index in [1.54, 1.807) is 11.3 Å². The Morgan fingerprint density at radius 1 is 1.31 bits per heavy atom. The maximum Gasteiger partial charge on any atom is 0.231 e. The standard InChI is InChI=1S/C11H8BrNO2S/c12-4-8-5-16-11(13-8)7-1-2-9-10(3-7)15-6-14-9/h1-3,5H,4,6H2. The van der Waals surface area contributed by atoms with E-state index >= 15 is 0 Å². The summed E-state index contributed by atoms with van der Waals surface area (Å²) in [5.41, 5.74) is 2.12. The molecule has 1 aromatic heterocycles. The average Bonchev–Trinajstić information content (AvgIpc) is 2.96. The van der Waals surface area contributed by atoms with Crippen molar-refractivity contribution >= 4 is 27.3 Å². The maximum atomic E-state index is 5.34. The first-order chi connectivity index (χ1) is 7.86. The number of aromatic nitrogens is 1. The summed E-state index contributed by atoms with van der Waals surface area (Å²) in [5.74, 6) is 1.61. The number of alkyl halides is 1. The lowest BCUT2D eigenvalue weighted by Gasteiger charge is -1.98. The molecule has 2 heterocycles. The summed E-state index contributed by atoms with van der Waals surface area (Å²) in [6, 6.07) is 5.90. The van der Waals surface area contributed by atoms with Crippen LogP contribution < -0.4 is 9.47 Å². The minimum absolute atomic E-state index is 0.309. The highest BCUT2D eigenvalue weighted by Gasteiger charge is 2.14. The van der Waals surface area contributed by atoms with Crippen LogP contribution in [0.15, 0.2) is 23.6 Å².